The van der Waals surface area contributed by atoms with Crippen molar-refractivity contribution in [3.05, 3.63) is 40.3 Å². The summed E-state index contributed by atoms with van der Waals surface area (Å²) >= 11 is 0. The molecule has 0 aliphatic carbocycles. The van der Waals surface area contributed by atoms with Gasteiger partial charge in [0.05, 0.1) is 0 Å². The van der Waals surface area contributed by atoms with Crippen LogP contribution in [0.4, 0.5) is 4.39 Å². The molecular weight excluding hydrogens is 237 g/mol. The highest BCUT2D eigenvalue weighted by atomic mass is 19.1. The summed E-state index contributed by atoms with van der Waals surface area (Å²) < 4.78 is 13.7. The molecule has 0 spiro atoms. The second-order valence-electron chi connectivity index (χ2n) is 4.02. The zero-order valence-corrected chi connectivity index (χ0v) is 10.4. The van der Waals surface area contributed by atoms with E-state index in [0.717, 1.165) is 11.6 Å². The molecule has 18 heavy (non-hydrogen) atoms. The third-order valence-electron chi connectivity index (χ3n) is 2.31. The van der Waals surface area contributed by atoms with Gasteiger partial charge >= 0.3 is 5.97 Å². The van der Waals surface area contributed by atoms with Crippen LogP contribution in [0.25, 0.3) is 6.08 Å². The molecule has 0 aromatic heterocycles. The van der Waals surface area contributed by atoms with E-state index in [0.29, 0.717) is 5.56 Å². The summed E-state index contributed by atoms with van der Waals surface area (Å²) in [5, 5.41) is 11.1. The van der Waals surface area contributed by atoms with E-state index in [-0.39, 0.29) is 11.3 Å². The second kappa shape index (κ2) is 5.44. The van der Waals surface area contributed by atoms with E-state index in [9.17, 15) is 14.0 Å². The van der Waals surface area contributed by atoms with Gasteiger partial charge in [0.15, 0.2) is 0 Å². The lowest BCUT2D eigenvalue weighted by Gasteiger charge is -2.07. The van der Waals surface area contributed by atoms with Crippen molar-refractivity contribution in [2.45, 2.75) is 20.8 Å². The number of carboxylic acids is 1. The number of rotatable bonds is 3. The number of hydrogen-bond donors (Lipinski definition) is 2. The lowest BCUT2D eigenvalue weighted by molar-refractivity contribution is -0.134. The average molecular weight is 251 g/mol. The van der Waals surface area contributed by atoms with E-state index in [1.165, 1.54) is 13.0 Å². The lowest BCUT2D eigenvalue weighted by Crippen LogP contribution is -2.24. The molecule has 0 atom stereocenters. The second-order valence-corrected chi connectivity index (χ2v) is 4.02. The molecule has 0 fully saturated rings. The molecule has 0 aliphatic heterocycles. The van der Waals surface area contributed by atoms with Gasteiger partial charge in [-0.05, 0) is 37.1 Å². The van der Waals surface area contributed by atoms with Crippen molar-refractivity contribution in [3.8, 4) is 0 Å². The standard InChI is InChI=1S/C13H14FNO3/c1-7-4-8(2)10(11(14)5-7)6-12(13(17)18)15-9(3)16/h4-6H,1-3H3,(H,15,16)(H,17,18). The zero-order chi connectivity index (χ0) is 13.9. The number of carboxylic acid groups (broad SMARTS) is 1. The summed E-state index contributed by atoms with van der Waals surface area (Å²) in [5.74, 6) is -2.35. The molecule has 1 amide bonds. The van der Waals surface area contributed by atoms with Crippen molar-refractivity contribution >= 4 is 18.0 Å². The molecule has 0 saturated heterocycles. The Morgan fingerprint density at radius 2 is 1.94 bits per heavy atom. The Kier molecular flexibility index (Phi) is 4.20. The number of amides is 1. The van der Waals surface area contributed by atoms with Gasteiger partial charge in [-0.25, -0.2) is 9.18 Å². The van der Waals surface area contributed by atoms with Crippen molar-refractivity contribution < 1.29 is 19.1 Å². The molecule has 0 bridgehead atoms. The van der Waals surface area contributed by atoms with Crippen LogP contribution in [0.2, 0.25) is 0 Å². The smallest absolute Gasteiger partial charge is 0.352 e. The van der Waals surface area contributed by atoms with Crippen LogP contribution >= 0.6 is 0 Å². The van der Waals surface area contributed by atoms with Gasteiger partial charge in [0.25, 0.3) is 0 Å². The van der Waals surface area contributed by atoms with Crippen molar-refractivity contribution in [3.63, 3.8) is 0 Å². The van der Waals surface area contributed by atoms with Gasteiger partial charge in [0.2, 0.25) is 5.91 Å². The molecule has 1 aromatic carbocycles. The minimum Gasteiger partial charge on any atom is -0.477 e. The van der Waals surface area contributed by atoms with Crippen LogP contribution in [0.3, 0.4) is 0 Å². The zero-order valence-electron chi connectivity index (χ0n) is 10.4. The van der Waals surface area contributed by atoms with Crippen molar-refractivity contribution in [1.29, 1.82) is 0 Å². The third-order valence-corrected chi connectivity index (χ3v) is 2.31. The van der Waals surface area contributed by atoms with Gasteiger partial charge in [0.1, 0.15) is 11.5 Å². The normalized spacial score (nSPS) is 11.2. The van der Waals surface area contributed by atoms with Crippen LogP contribution in [0.5, 0.6) is 0 Å². The quantitative estimate of drug-likeness (QED) is 0.807. The monoisotopic (exact) mass is 251 g/mol. The molecule has 0 aliphatic rings. The van der Waals surface area contributed by atoms with Crippen LogP contribution < -0.4 is 5.32 Å². The summed E-state index contributed by atoms with van der Waals surface area (Å²) in [6.45, 7) is 4.61. The SMILES string of the molecule is CC(=O)NC(=Cc1c(C)cc(C)cc1F)C(=O)O. The van der Waals surface area contributed by atoms with Gasteiger partial charge in [-0.3, -0.25) is 4.79 Å². The number of halogens is 1. The molecule has 0 radical (unpaired) electrons. The summed E-state index contributed by atoms with van der Waals surface area (Å²) in [6, 6.07) is 3.05. The van der Waals surface area contributed by atoms with Crippen LogP contribution in [0, 0.1) is 19.7 Å². The first-order valence-corrected chi connectivity index (χ1v) is 5.30. The molecular formula is C13H14FNO3. The number of aryl methyl sites for hydroxylation is 2. The average Bonchev–Trinajstić information content (AvgIpc) is 2.20. The van der Waals surface area contributed by atoms with E-state index in [4.69, 9.17) is 5.11 Å². The molecule has 0 unspecified atom stereocenters. The highest BCUT2D eigenvalue weighted by Crippen LogP contribution is 2.18. The van der Waals surface area contributed by atoms with E-state index in [1.807, 2.05) is 0 Å². The highest BCUT2D eigenvalue weighted by molar-refractivity contribution is 5.96. The first kappa shape index (κ1) is 13.9. The van der Waals surface area contributed by atoms with E-state index >= 15 is 0 Å². The molecule has 1 rings (SSSR count). The Bertz CT molecular complexity index is 512. The van der Waals surface area contributed by atoms with Gasteiger partial charge in [-0.15, -0.1) is 0 Å². The van der Waals surface area contributed by atoms with Crippen LogP contribution in [0.1, 0.15) is 23.6 Å². The molecule has 0 saturated carbocycles. The first-order chi connectivity index (χ1) is 8.31. The summed E-state index contributed by atoms with van der Waals surface area (Å²) in [7, 11) is 0. The predicted molar refractivity (Wildman–Crippen MR) is 65.3 cm³/mol. The van der Waals surface area contributed by atoms with E-state index in [1.54, 1.807) is 19.9 Å². The largest absolute Gasteiger partial charge is 0.477 e. The highest BCUT2D eigenvalue weighted by Gasteiger charge is 2.12. The lowest BCUT2D eigenvalue weighted by atomic mass is 10.0. The van der Waals surface area contributed by atoms with Crippen LogP contribution in [-0.4, -0.2) is 17.0 Å². The summed E-state index contributed by atoms with van der Waals surface area (Å²) in [6.07, 6.45) is 1.12. The first-order valence-electron chi connectivity index (χ1n) is 5.30. The maximum atomic E-state index is 13.7. The van der Waals surface area contributed by atoms with E-state index in [2.05, 4.69) is 5.32 Å². The Balaban J connectivity index is 3.28. The Morgan fingerprint density at radius 3 is 2.39 bits per heavy atom. The van der Waals surface area contributed by atoms with Gasteiger partial charge < -0.3 is 10.4 Å². The fourth-order valence-corrected chi connectivity index (χ4v) is 1.59. The number of nitrogens with one attached hydrogen (secondary N) is 1. The van der Waals surface area contributed by atoms with E-state index < -0.39 is 17.7 Å². The van der Waals surface area contributed by atoms with Crippen LogP contribution in [0.15, 0.2) is 17.8 Å². The maximum Gasteiger partial charge on any atom is 0.352 e. The molecule has 5 heteroatoms. The fourth-order valence-electron chi connectivity index (χ4n) is 1.59. The minimum atomic E-state index is -1.32. The summed E-state index contributed by atoms with van der Waals surface area (Å²) in [5.41, 5.74) is 1.16. The van der Waals surface area contributed by atoms with Crippen LogP contribution in [-0.2, 0) is 9.59 Å². The molecule has 0 heterocycles. The van der Waals surface area contributed by atoms with Gasteiger partial charge in [-0.2, -0.15) is 0 Å². The Labute approximate surface area is 104 Å². The number of benzene rings is 1. The summed E-state index contributed by atoms with van der Waals surface area (Å²) in [4.78, 5) is 21.8. The van der Waals surface area contributed by atoms with Crippen molar-refractivity contribution in [2.75, 3.05) is 0 Å². The number of carbonyl (C=O) groups is 2. The molecule has 4 nitrogen and oxygen atoms in total. The predicted octanol–water partition coefficient (Wildman–Crippen LogP) is 2.00. The van der Waals surface area contributed by atoms with Crippen molar-refractivity contribution in [2.24, 2.45) is 0 Å². The minimum absolute atomic E-state index is 0.159. The number of hydrogen-bond acceptors (Lipinski definition) is 2. The number of aliphatic carboxylic acids is 1. The Morgan fingerprint density at radius 1 is 1.33 bits per heavy atom. The van der Waals surface area contributed by atoms with Gasteiger partial charge in [0, 0.05) is 12.5 Å². The number of carbonyl (C=O) groups excluding carboxylic acids is 1. The maximum absolute atomic E-state index is 13.7. The van der Waals surface area contributed by atoms with Gasteiger partial charge in [-0.1, -0.05) is 6.07 Å². The molecule has 96 valence electrons. The fraction of sp³-hybridized carbons (Fsp3) is 0.231. The van der Waals surface area contributed by atoms with Crippen molar-refractivity contribution in [1.82, 2.24) is 5.32 Å². The Hall–Kier alpha value is -2.17. The molecule has 2 N–H and O–H groups in total. The topological polar surface area (TPSA) is 66.4 Å². The molecule has 1 aromatic rings. The third kappa shape index (κ3) is 3.41.